The van der Waals surface area contributed by atoms with Crippen LogP contribution in [0.2, 0.25) is 0 Å². The van der Waals surface area contributed by atoms with Crippen molar-refractivity contribution in [2.24, 2.45) is 0 Å². The van der Waals surface area contributed by atoms with Gasteiger partial charge in [-0.25, -0.2) is 4.98 Å². The van der Waals surface area contributed by atoms with Gasteiger partial charge in [-0.1, -0.05) is 54.1 Å². The topological polar surface area (TPSA) is 74.2 Å². The number of hydrogen-bond donors (Lipinski definition) is 1. The highest BCUT2D eigenvalue weighted by Gasteiger charge is 2.19. The van der Waals surface area contributed by atoms with Crippen LogP contribution in [0.5, 0.6) is 0 Å². The van der Waals surface area contributed by atoms with Gasteiger partial charge in [-0.3, -0.25) is 19.7 Å². The highest BCUT2D eigenvalue weighted by molar-refractivity contribution is 5.92. The first-order valence-corrected chi connectivity index (χ1v) is 13.7. The number of hydrogen-bond acceptors (Lipinski definition) is 6. The van der Waals surface area contributed by atoms with Gasteiger partial charge in [-0.15, -0.1) is 0 Å². The maximum Gasteiger partial charge on any atom is 0.228 e. The molecule has 0 bridgehead atoms. The molecule has 0 atom stereocenters. The average Bonchev–Trinajstić information content (AvgIpc) is 2.99. The Morgan fingerprint density at radius 1 is 0.825 bits per heavy atom. The molecular weight excluding hydrogens is 496 g/mol. The highest BCUT2D eigenvalue weighted by Crippen LogP contribution is 2.26. The van der Waals surface area contributed by atoms with Crippen molar-refractivity contribution in [3.05, 3.63) is 114 Å². The van der Waals surface area contributed by atoms with Crippen molar-refractivity contribution in [3.63, 3.8) is 0 Å². The third-order valence-corrected chi connectivity index (χ3v) is 7.34. The lowest BCUT2D eigenvalue weighted by Gasteiger charge is -2.35. The first-order chi connectivity index (χ1) is 19.6. The van der Waals surface area contributed by atoms with Gasteiger partial charge in [0.15, 0.2) is 0 Å². The van der Waals surface area contributed by atoms with E-state index in [1.165, 1.54) is 11.1 Å². The monoisotopic (exact) mass is 528 g/mol. The normalized spacial score (nSPS) is 13.9. The fourth-order valence-electron chi connectivity index (χ4n) is 5.06. The lowest BCUT2D eigenvalue weighted by Crippen LogP contribution is -2.46. The smallest absolute Gasteiger partial charge is 0.228 e. The molecule has 0 spiro atoms. The molecule has 200 valence electrons. The number of anilines is 2. The van der Waals surface area contributed by atoms with Crippen LogP contribution in [-0.2, 0) is 17.8 Å². The highest BCUT2D eigenvalue weighted by atomic mass is 16.1. The fraction of sp³-hybridized carbons (Fsp3) is 0.212. The number of carbonyl (C=O) groups excluding carboxylic acids is 1. The molecule has 0 radical (unpaired) electrons. The van der Waals surface area contributed by atoms with Gasteiger partial charge < -0.3 is 10.2 Å². The van der Waals surface area contributed by atoms with Crippen molar-refractivity contribution in [1.29, 1.82) is 0 Å². The third kappa shape index (κ3) is 6.16. The molecule has 7 nitrogen and oxygen atoms in total. The number of nitrogens with one attached hydrogen (secondary N) is 1. The first kappa shape index (κ1) is 25.6. The minimum Gasteiger partial charge on any atom is -0.353 e. The Labute approximate surface area is 234 Å². The van der Waals surface area contributed by atoms with Crippen LogP contribution in [0, 0.1) is 6.92 Å². The van der Waals surface area contributed by atoms with Crippen LogP contribution >= 0.6 is 0 Å². The number of rotatable bonds is 7. The van der Waals surface area contributed by atoms with E-state index in [0.29, 0.717) is 6.42 Å². The molecule has 40 heavy (non-hydrogen) atoms. The quantitative estimate of drug-likeness (QED) is 0.301. The summed E-state index contributed by atoms with van der Waals surface area (Å²) in [6.07, 6.45) is 5.99. The van der Waals surface area contributed by atoms with Gasteiger partial charge in [0.25, 0.3) is 0 Å². The number of nitrogens with zero attached hydrogens (tertiary/aromatic N) is 5. The number of fused-ring (bicyclic) bond motifs is 1. The van der Waals surface area contributed by atoms with Crippen LogP contribution in [0.15, 0.2) is 97.5 Å². The van der Waals surface area contributed by atoms with Crippen molar-refractivity contribution in [3.8, 4) is 11.1 Å². The molecule has 1 aliphatic heterocycles. The second-order valence-corrected chi connectivity index (χ2v) is 10.3. The molecule has 7 heteroatoms. The van der Waals surface area contributed by atoms with Crippen molar-refractivity contribution >= 4 is 28.4 Å². The van der Waals surface area contributed by atoms with E-state index in [9.17, 15) is 4.79 Å². The first-order valence-electron chi connectivity index (χ1n) is 13.7. The Balaban J connectivity index is 1.10. The zero-order chi connectivity index (χ0) is 27.3. The Kier molecular flexibility index (Phi) is 7.46. The molecule has 5 aromatic rings. The van der Waals surface area contributed by atoms with E-state index in [1.54, 1.807) is 0 Å². The number of benzene rings is 3. The van der Waals surface area contributed by atoms with Crippen molar-refractivity contribution in [2.45, 2.75) is 19.9 Å². The number of piperazine rings is 1. The molecule has 0 saturated carbocycles. The Morgan fingerprint density at radius 3 is 2.35 bits per heavy atom. The molecular formula is C33H32N6O. The molecule has 0 aliphatic carbocycles. The van der Waals surface area contributed by atoms with Crippen LogP contribution in [0.3, 0.4) is 0 Å². The van der Waals surface area contributed by atoms with E-state index in [-0.39, 0.29) is 5.91 Å². The van der Waals surface area contributed by atoms with Crippen LogP contribution in [-0.4, -0.2) is 51.9 Å². The van der Waals surface area contributed by atoms with E-state index in [2.05, 4.69) is 38.3 Å². The lowest BCUT2D eigenvalue weighted by atomic mass is 10.0. The van der Waals surface area contributed by atoms with Gasteiger partial charge in [-0.2, -0.15) is 0 Å². The summed E-state index contributed by atoms with van der Waals surface area (Å²) in [4.78, 5) is 31.2. The summed E-state index contributed by atoms with van der Waals surface area (Å²) in [5.41, 5.74) is 8.10. The fourth-order valence-corrected chi connectivity index (χ4v) is 5.06. The predicted octanol–water partition coefficient (Wildman–Crippen LogP) is 5.50. The molecule has 1 amide bonds. The SMILES string of the molecule is Cc1ccc(CC(=O)Nc2ccc(-c3ccc4ncc(N5CCN(Cc6cccnc6)CC5)nc4c3)cc2)cc1. The molecule has 2 aromatic heterocycles. The van der Waals surface area contributed by atoms with E-state index in [1.807, 2.05) is 86.2 Å². The molecule has 3 aromatic carbocycles. The second-order valence-electron chi connectivity index (χ2n) is 10.3. The van der Waals surface area contributed by atoms with Crippen molar-refractivity contribution < 1.29 is 4.79 Å². The molecule has 1 saturated heterocycles. The Hall–Kier alpha value is -4.62. The van der Waals surface area contributed by atoms with Crippen molar-refractivity contribution in [2.75, 3.05) is 36.4 Å². The lowest BCUT2D eigenvalue weighted by molar-refractivity contribution is -0.115. The van der Waals surface area contributed by atoms with Crippen molar-refractivity contribution in [1.82, 2.24) is 19.9 Å². The number of aromatic nitrogens is 3. The zero-order valence-corrected chi connectivity index (χ0v) is 22.6. The molecule has 6 rings (SSSR count). The predicted molar refractivity (Wildman–Crippen MR) is 160 cm³/mol. The van der Waals surface area contributed by atoms with Gasteiger partial charge >= 0.3 is 0 Å². The average molecular weight is 529 g/mol. The maximum absolute atomic E-state index is 12.5. The van der Waals surface area contributed by atoms with Gasteiger partial charge in [0.1, 0.15) is 5.82 Å². The Morgan fingerprint density at radius 2 is 1.60 bits per heavy atom. The van der Waals surface area contributed by atoms with Gasteiger partial charge in [0.2, 0.25) is 5.91 Å². The summed E-state index contributed by atoms with van der Waals surface area (Å²) < 4.78 is 0. The molecule has 1 fully saturated rings. The Bertz CT molecular complexity index is 1590. The van der Waals surface area contributed by atoms with Crippen LogP contribution in [0.4, 0.5) is 11.5 Å². The second kappa shape index (κ2) is 11.6. The molecule has 1 N–H and O–H groups in total. The largest absolute Gasteiger partial charge is 0.353 e. The van der Waals surface area contributed by atoms with E-state index < -0.39 is 0 Å². The van der Waals surface area contributed by atoms with Gasteiger partial charge in [0.05, 0.1) is 23.7 Å². The summed E-state index contributed by atoms with van der Waals surface area (Å²) in [5, 5.41) is 3.00. The minimum absolute atomic E-state index is 0.0250. The van der Waals surface area contributed by atoms with Crippen LogP contribution in [0.1, 0.15) is 16.7 Å². The summed E-state index contributed by atoms with van der Waals surface area (Å²) in [5.74, 6) is 0.889. The number of pyridine rings is 1. The van der Waals surface area contributed by atoms with Gasteiger partial charge in [0, 0.05) is 50.8 Å². The standard InChI is InChI=1S/C33H32N6O/c1-24-4-6-25(7-5-24)19-33(40)36-29-11-8-27(9-12-29)28-10-13-30-31(20-28)37-32(22-35-30)39-17-15-38(16-18-39)23-26-3-2-14-34-21-26/h2-14,20-22H,15-19,23H2,1H3,(H,36,40). The third-order valence-electron chi connectivity index (χ3n) is 7.34. The molecule has 1 aliphatic rings. The number of carbonyl (C=O) groups is 1. The summed E-state index contributed by atoms with van der Waals surface area (Å²) in [6, 6.07) is 26.3. The van der Waals surface area contributed by atoms with E-state index >= 15 is 0 Å². The molecule has 3 heterocycles. The summed E-state index contributed by atoms with van der Waals surface area (Å²) >= 11 is 0. The molecule has 0 unspecified atom stereocenters. The van der Waals surface area contributed by atoms with E-state index in [4.69, 9.17) is 9.97 Å². The number of amides is 1. The minimum atomic E-state index is -0.0250. The van der Waals surface area contributed by atoms with Crippen LogP contribution in [0.25, 0.3) is 22.2 Å². The van der Waals surface area contributed by atoms with Crippen LogP contribution < -0.4 is 10.2 Å². The summed E-state index contributed by atoms with van der Waals surface area (Å²) in [7, 11) is 0. The number of aryl methyl sites for hydroxylation is 1. The summed E-state index contributed by atoms with van der Waals surface area (Å²) in [6.45, 7) is 6.74. The zero-order valence-electron chi connectivity index (χ0n) is 22.6. The maximum atomic E-state index is 12.5. The van der Waals surface area contributed by atoms with Gasteiger partial charge in [-0.05, 0) is 59.5 Å². The van der Waals surface area contributed by atoms with E-state index in [0.717, 1.165) is 72.0 Å².